The summed E-state index contributed by atoms with van der Waals surface area (Å²) in [5.74, 6) is 0. The monoisotopic (exact) mass is 343 g/mol. The van der Waals surface area contributed by atoms with Gasteiger partial charge in [0.15, 0.2) is 0 Å². The Morgan fingerprint density at radius 3 is 2.50 bits per heavy atom. The first-order chi connectivity index (χ1) is 7.21. The Bertz CT molecular complexity index is 400. The van der Waals surface area contributed by atoms with E-state index in [9.17, 15) is 4.21 Å². The second kappa shape index (κ2) is 5.48. The molecule has 1 heterocycles. The highest BCUT2D eigenvalue weighted by atomic mass is 79.9. The van der Waals surface area contributed by atoms with Crippen molar-refractivity contribution < 1.29 is 4.21 Å². The van der Waals surface area contributed by atoms with Gasteiger partial charge in [-0.1, -0.05) is 11.6 Å². The van der Waals surface area contributed by atoms with Crippen molar-refractivity contribution in [3.05, 3.63) is 19.8 Å². The van der Waals surface area contributed by atoms with Gasteiger partial charge in [0, 0.05) is 4.88 Å². The molecular formula is C10H15BrClNOS2. The van der Waals surface area contributed by atoms with Crippen LogP contribution in [0, 0.1) is 0 Å². The molecule has 0 aliphatic rings. The second-order valence-corrected chi connectivity index (χ2v) is 9.35. The summed E-state index contributed by atoms with van der Waals surface area (Å²) in [6.45, 7) is 7.78. The van der Waals surface area contributed by atoms with Crippen molar-refractivity contribution in [2.24, 2.45) is 0 Å². The van der Waals surface area contributed by atoms with E-state index in [-0.39, 0.29) is 10.8 Å². The van der Waals surface area contributed by atoms with Gasteiger partial charge in [0.1, 0.15) is 0 Å². The molecule has 0 aromatic carbocycles. The molecule has 16 heavy (non-hydrogen) atoms. The van der Waals surface area contributed by atoms with Gasteiger partial charge in [-0.3, -0.25) is 0 Å². The van der Waals surface area contributed by atoms with Crippen molar-refractivity contribution in [2.45, 2.75) is 38.5 Å². The SMILES string of the molecule is CC(NS(=O)C(C)(C)C)c1sc(Br)cc1Cl. The first-order valence-corrected chi connectivity index (χ1v) is 7.98. The quantitative estimate of drug-likeness (QED) is 0.871. The van der Waals surface area contributed by atoms with E-state index in [1.807, 2.05) is 33.8 Å². The molecule has 2 atom stereocenters. The normalized spacial score (nSPS) is 16.1. The van der Waals surface area contributed by atoms with Crippen molar-refractivity contribution >= 4 is 49.9 Å². The fourth-order valence-electron chi connectivity index (χ4n) is 1.04. The maximum absolute atomic E-state index is 11.9. The Balaban J connectivity index is 2.77. The number of hydrogen-bond donors (Lipinski definition) is 1. The zero-order chi connectivity index (χ0) is 12.5. The third-order valence-electron chi connectivity index (χ3n) is 1.92. The predicted molar refractivity (Wildman–Crippen MR) is 76.5 cm³/mol. The van der Waals surface area contributed by atoms with Crippen LogP contribution in [-0.2, 0) is 11.0 Å². The van der Waals surface area contributed by atoms with Gasteiger partial charge >= 0.3 is 0 Å². The first-order valence-electron chi connectivity index (χ1n) is 4.84. The van der Waals surface area contributed by atoms with Gasteiger partial charge < -0.3 is 0 Å². The third-order valence-corrected chi connectivity index (χ3v) is 5.84. The van der Waals surface area contributed by atoms with Gasteiger partial charge in [-0.2, -0.15) is 0 Å². The van der Waals surface area contributed by atoms with E-state index in [0.717, 1.165) is 8.66 Å². The molecule has 1 aromatic heterocycles. The standard InChI is InChI=1S/C10H15BrClNOS2/c1-6(13-16(14)10(2,3)4)9-7(12)5-8(11)15-9/h5-6,13H,1-4H3. The zero-order valence-corrected chi connectivity index (χ0v) is 13.6. The van der Waals surface area contributed by atoms with E-state index >= 15 is 0 Å². The lowest BCUT2D eigenvalue weighted by molar-refractivity contribution is 0.618. The van der Waals surface area contributed by atoms with Crippen LogP contribution in [0.1, 0.15) is 38.6 Å². The van der Waals surface area contributed by atoms with E-state index in [1.54, 1.807) is 11.3 Å². The fraction of sp³-hybridized carbons (Fsp3) is 0.600. The molecule has 0 saturated heterocycles. The largest absolute Gasteiger partial charge is 0.242 e. The van der Waals surface area contributed by atoms with Gasteiger partial charge in [-0.25, -0.2) is 8.93 Å². The lowest BCUT2D eigenvalue weighted by atomic mass is 10.3. The van der Waals surface area contributed by atoms with E-state index in [2.05, 4.69) is 20.7 Å². The molecule has 0 aliphatic carbocycles. The molecule has 0 saturated carbocycles. The van der Waals surface area contributed by atoms with Crippen LogP contribution in [0.5, 0.6) is 0 Å². The summed E-state index contributed by atoms with van der Waals surface area (Å²) in [6, 6.07) is 1.85. The van der Waals surface area contributed by atoms with E-state index in [0.29, 0.717) is 5.02 Å². The summed E-state index contributed by atoms with van der Waals surface area (Å²) < 4.78 is 15.7. The third kappa shape index (κ3) is 3.81. The van der Waals surface area contributed by atoms with E-state index in [4.69, 9.17) is 11.6 Å². The van der Waals surface area contributed by atoms with Crippen LogP contribution >= 0.6 is 38.9 Å². The molecule has 2 nitrogen and oxygen atoms in total. The molecule has 2 unspecified atom stereocenters. The topological polar surface area (TPSA) is 29.1 Å². The number of rotatable bonds is 3. The zero-order valence-electron chi connectivity index (χ0n) is 9.64. The van der Waals surface area contributed by atoms with Crippen molar-refractivity contribution in [3.63, 3.8) is 0 Å². The summed E-state index contributed by atoms with van der Waals surface area (Å²) in [6.07, 6.45) is 0. The van der Waals surface area contributed by atoms with Gasteiger partial charge in [0.05, 0.1) is 30.6 Å². The summed E-state index contributed by atoms with van der Waals surface area (Å²) in [4.78, 5) is 1.01. The molecule has 1 rings (SSSR count). The van der Waals surface area contributed by atoms with Crippen molar-refractivity contribution in [3.8, 4) is 0 Å². The first kappa shape index (κ1) is 14.6. The molecule has 0 amide bonds. The summed E-state index contributed by atoms with van der Waals surface area (Å²) in [5.41, 5.74) is 0. The number of halogens is 2. The van der Waals surface area contributed by atoms with Gasteiger partial charge in [-0.05, 0) is 49.7 Å². The Hall–Kier alpha value is 0.580. The smallest absolute Gasteiger partial charge is 0.0976 e. The number of hydrogen-bond acceptors (Lipinski definition) is 2. The van der Waals surface area contributed by atoms with Crippen LogP contribution in [0.15, 0.2) is 9.85 Å². The highest BCUT2D eigenvalue weighted by molar-refractivity contribution is 9.11. The van der Waals surface area contributed by atoms with Crippen LogP contribution in [0.2, 0.25) is 5.02 Å². The number of thiophene rings is 1. The van der Waals surface area contributed by atoms with Crippen LogP contribution < -0.4 is 4.72 Å². The molecule has 1 aromatic rings. The molecule has 0 radical (unpaired) electrons. The Morgan fingerprint density at radius 2 is 2.12 bits per heavy atom. The molecule has 0 bridgehead atoms. The van der Waals surface area contributed by atoms with Gasteiger partial charge in [0.2, 0.25) is 0 Å². The molecule has 92 valence electrons. The van der Waals surface area contributed by atoms with Crippen LogP contribution in [0.3, 0.4) is 0 Å². The summed E-state index contributed by atoms with van der Waals surface area (Å²) in [7, 11) is -1.08. The summed E-state index contributed by atoms with van der Waals surface area (Å²) >= 11 is 11.0. The predicted octanol–water partition coefficient (Wildman–Crippen LogP) is 4.28. The van der Waals surface area contributed by atoms with Gasteiger partial charge in [0.25, 0.3) is 0 Å². The van der Waals surface area contributed by atoms with Crippen molar-refractivity contribution in [1.29, 1.82) is 0 Å². The molecule has 0 aliphatic heterocycles. The maximum Gasteiger partial charge on any atom is 0.0976 e. The van der Waals surface area contributed by atoms with Crippen LogP contribution in [0.4, 0.5) is 0 Å². The van der Waals surface area contributed by atoms with Gasteiger partial charge in [-0.15, -0.1) is 11.3 Å². The highest BCUT2D eigenvalue weighted by Gasteiger charge is 2.23. The summed E-state index contributed by atoms with van der Waals surface area (Å²) in [5, 5.41) is 0.711. The fourth-order valence-corrected chi connectivity index (χ4v) is 4.02. The maximum atomic E-state index is 11.9. The minimum Gasteiger partial charge on any atom is -0.242 e. The molecule has 0 spiro atoms. The number of nitrogens with one attached hydrogen (secondary N) is 1. The van der Waals surface area contributed by atoms with Crippen molar-refractivity contribution in [1.82, 2.24) is 4.72 Å². The average Bonchev–Trinajstić information content (AvgIpc) is 2.43. The molecule has 0 fully saturated rings. The Morgan fingerprint density at radius 1 is 1.56 bits per heavy atom. The molecule has 6 heteroatoms. The lowest BCUT2D eigenvalue weighted by Gasteiger charge is -2.21. The average molecular weight is 345 g/mol. The van der Waals surface area contributed by atoms with Crippen LogP contribution in [0.25, 0.3) is 0 Å². The van der Waals surface area contributed by atoms with E-state index < -0.39 is 11.0 Å². The molecule has 1 N–H and O–H groups in total. The van der Waals surface area contributed by atoms with Crippen LogP contribution in [-0.4, -0.2) is 8.96 Å². The van der Waals surface area contributed by atoms with E-state index in [1.165, 1.54) is 0 Å². The minimum absolute atomic E-state index is 0.0103. The Labute approximate surface area is 116 Å². The lowest BCUT2D eigenvalue weighted by Crippen LogP contribution is -2.34. The molecular weight excluding hydrogens is 330 g/mol. The Kier molecular flexibility index (Phi) is 5.02. The highest BCUT2D eigenvalue weighted by Crippen LogP contribution is 2.35. The second-order valence-electron chi connectivity index (χ2n) is 4.48. The minimum atomic E-state index is -1.08. The van der Waals surface area contributed by atoms with Crippen molar-refractivity contribution in [2.75, 3.05) is 0 Å².